The number of rotatable bonds is 2. The van der Waals surface area contributed by atoms with E-state index in [-0.39, 0.29) is 0 Å². The highest BCUT2D eigenvalue weighted by molar-refractivity contribution is 7.13. The molecule has 2 nitrogen and oxygen atoms in total. The van der Waals surface area contributed by atoms with Crippen LogP contribution in [0.2, 0.25) is 5.02 Å². The second kappa shape index (κ2) is 4.40. The molecular formula is C13H11ClN2S. The van der Waals surface area contributed by atoms with E-state index in [1.54, 1.807) is 12.1 Å². The third-order valence-corrected chi connectivity index (χ3v) is 3.51. The molecule has 0 fully saturated rings. The zero-order valence-electron chi connectivity index (χ0n) is 10.2. The van der Waals surface area contributed by atoms with Crippen LogP contribution in [0.5, 0.6) is 0 Å². The zero-order chi connectivity index (χ0) is 13.3. The van der Waals surface area contributed by atoms with Gasteiger partial charge >= 0.3 is 0 Å². The normalized spacial score (nSPS) is 14.8. The lowest BCUT2D eigenvalue weighted by atomic mass is 9.81. The highest BCUT2D eigenvalue weighted by atomic mass is 35.5. The Balaban J connectivity index is 2.59. The summed E-state index contributed by atoms with van der Waals surface area (Å²) in [5.74, 6) is 2.71. The third-order valence-electron chi connectivity index (χ3n) is 2.66. The first-order valence-electron chi connectivity index (χ1n) is 5.44. The predicted octanol–water partition coefficient (Wildman–Crippen LogP) is 3.32. The zero-order valence-corrected chi connectivity index (χ0v) is 10.8. The van der Waals surface area contributed by atoms with Crippen molar-refractivity contribution in [1.29, 1.82) is 0 Å². The maximum atomic E-state index is 7.90. The van der Waals surface area contributed by atoms with Crippen molar-refractivity contribution in [2.24, 2.45) is 0 Å². The van der Waals surface area contributed by atoms with Crippen LogP contribution in [-0.2, 0) is 5.41 Å². The molecule has 2 aromatic rings. The van der Waals surface area contributed by atoms with Crippen molar-refractivity contribution in [2.75, 3.05) is 5.73 Å². The molecule has 4 heteroatoms. The molecular weight excluding hydrogens is 252 g/mol. The molecule has 1 aromatic carbocycles. The van der Waals surface area contributed by atoms with E-state index >= 15 is 0 Å². The van der Waals surface area contributed by atoms with Gasteiger partial charge in [-0.3, -0.25) is 0 Å². The van der Waals surface area contributed by atoms with Crippen LogP contribution >= 0.6 is 22.9 Å². The maximum absolute atomic E-state index is 7.90. The molecule has 2 rings (SSSR count). The fourth-order valence-electron chi connectivity index (χ4n) is 1.54. The molecule has 0 saturated heterocycles. The Morgan fingerprint density at radius 1 is 1.53 bits per heavy atom. The number of halogens is 1. The molecule has 0 bridgehead atoms. The van der Waals surface area contributed by atoms with Crippen molar-refractivity contribution < 1.29 is 1.37 Å². The van der Waals surface area contributed by atoms with Gasteiger partial charge in [-0.25, -0.2) is 4.98 Å². The number of terminal acetylenes is 1. The minimum Gasteiger partial charge on any atom is -0.375 e. The van der Waals surface area contributed by atoms with E-state index < -0.39 is 5.41 Å². The highest BCUT2D eigenvalue weighted by Gasteiger charge is 2.29. The molecule has 0 aliphatic heterocycles. The van der Waals surface area contributed by atoms with Crippen molar-refractivity contribution in [3.8, 4) is 12.3 Å². The number of nitrogen functional groups attached to an aromatic ring is 1. The number of aromatic nitrogens is 1. The van der Waals surface area contributed by atoms with E-state index in [2.05, 4.69) is 10.9 Å². The summed E-state index contributed by atoms with van der Waals surface area (Å²) in [4.78, 5) is 4.19. The van der Waals surface area contributed by atoms with E-state index in [0.717, 1.165) is 16.9 Å². The van der Waals surface area contributed by atoms with Crippen molar-refractivity contribution in [1.82, 2.24) is 4.98 Å². The number of anilines is 1. The molecule has 1 heterocycles. The second-order valence-electron chi connectivity index (χ2n) is 3.78. The molecule has 0 spiro atoms. The minimum absolute atomic E-state index is 0.294. The van der Waals surface area contributed by atoms with Crippen LogP contribution in [0.4, 0.5) is 5.13 Å². The Hall–Kier alpha value is -1.50. The largest absolute Gasteiger partial charge is 0.375 e. The van der Waals surface area contributed by atoms with Crippen LogP contribution in [0.25, 0.3) is 0 Å². The SMILES string of the molecule is [2H]c1sc(N)nc1C(C)(C#C)c1ccc(Cl)cc1. The van der Waals surface area contributed by atoms with Gasteiger partial charge < -0.3 is 5.73 Å². The first-order valence-corrected chi connectivity index (χ1v) is 6.14. The molecule has 0 saturated carbocycles. The predicted molar refractivity (Wildman–Crippen MR) is 73.3 cm³/mol. The summed E-state index contributed by atoms with van der Waals surface area (Å²) in [6.45, 7) is 1.85. The van der Waals surface area contributed by atoms with Crippen molar-refractivity contribution in [3.05, 3.63) is 45.9 Å². The summed E-state index contributed by atoms with van der Waals surface area (Å²) in [6, 6.07) is 7.23. The van der Waals surface area contributed by atoms with Gasteiger partial charge in [0.2, 0.25) is 0 Å². The standard InChI is InChI=1S/C13H11ClN2S/c1-3-13(2,11-8-17-12(15)16-11)9-4-6-10(14)7-5-9/h1,4-8H,2H3,(H2,15,16)/i8D. The van der Waals surface area contributed by atoms with Gasteiger partial charge in [-0.05, 0) is 24.6 Å². The third kappa shape index (κ3) is 2.14. The molecule has 0 aliphatic rings. The molecule has 86 valence electrons. The summed E-state index contributed by atoms with van der Waals surface area (Å²) in [7, 11) is 0. The quantitative estimate of drug-likeness (QED) is 0.845. The number of nitrogens with zero attached hydrogens (tertiary/aromatic N) is 1. The van der Waals surface area contributed by atoms with Crippen LogP contribution in [0.1, 0.15) is 19.6 Å². The number of hydrogen-bond donors (Lipinski definition) is 1. The molecule has 0 amide bonds. The lowest BCUT2D eigenvalue weighted by Gasteiger charge is -2.22. The van der Waals surface area contributed by atoms with E-state index in [1.807, 2.05) is 19.1 Å². The monoisotopic (exact) mass is 263 g/mol. The molecule has 1 aromatic heterocycles. The average Bonchev–Trinajstić information content (AvgIpc) is 2.69. The average molecular weight is 264 g/mol. The lowest BCUT2D eigenvalue weighted by Crippen LogP contribution is -2.21. The molecule has 2 N–H and O–H groups in total. The van der Waals surface area contributed by atoms with Gasteiger partial charge in [0.1, 0.15) is 0 Å². The van der Waals surface area contributed by atoms with Gasteiger partial charge in [-0.15, -0.1) is 17.8 Å². The van der Waals surface area contributed by atoms with Gasteiger partial charge in [-0.1, -0.05) is 29.7 Å². The Bertz CT molecular complexity index is 615. The van der Waals surface area contributed by atoms with E-state index in [1.165, 1.54) is 0 Å². The summed E-state index contributed by atoms with van der Waals surface area (Å²) >= 11 is 6.99. The summed E-state index contributed by atoms with van der Waals surface area (Å²) in [5.41, 5.74) is 6.24. The Labute approximate surface area is 111 Å². The van der Waals surface area contributed by atoms with Crippen molar-refractivity contribution in [3.63, 3.8) is 0 Å². The van der Waals surface area contributed by atoms with Crippen molar-refractivity contribution in [2.45, 2.75) is 12.3 Å². The minimum atomic E-state index is -0.768. The summed E-state index contributed by atoms with van der Waals surface area (Å²) in [5, 5.41) is 1.29. The number of thiazole rings is 1. The molecule has 0 radical (unpaired) electrons. The van der Waals surface area contributed by atoms with Gasteiger partial charge in [0, 0.05) is 10.4 Å². The number of hydrogen-bond acceptors (Lipinski definition) is 3. The summed E-state index contributed by atoms with van der Waals surface area (Å²) < 4.78 is 7.90. The molecule has 0 aliphatic carbocycles. The van der Waals surface area contributed by atoms with Crippen LogP contribution < -0.4 is 5.73 Å². The fraction of sp³-hybridized carbons (Fsp3) is 0.154. The van der Waals surface area contributed by atoms with Crippen LogP contribution in [0.3, 0.4) is 0 Å². The van der Waals surface area contributed by atoms with Gasteiger partial charge in [0.25, 0.3) is 0 Å². The van der Waals surface area contributed by atoms with E-state index in [4.69, 9.17) is 25.1 Å². The van der Waals surface area contributed by atoms with Crippen LogP contribution in [0, 0.1) is 12.3 Å². The fourth-order valence-corrected chi connectivity index (χ4v) is 2.26. The summed E-state index contributed by atoms with van der Waals surface area (Å²) in [6.07, 6.45) is 5.64. The Kier molecular flexibility index (Phi) is 2.76. The highest BCUT2D eigenvalue weighted by Crippen LogP contribution is 2.33. The van der Waals surface area contributed by atoms with Gasteiger partial charge in [0.05, 0.1) is 12.5 Å². The topological polar surface area (TPSA) is 38.9 Å². The molecule has 1 unspecified atom stereocenters. The second-order valence-corrected chi connectivity index (χ2v) is 5.04. The first kappa shape index (κ1) is 10.6. The van der Waals surface area contributed by atoms with Crippen LogP contribution in [-0.4, -0.2) is 4.98 Å². The van der Waals surface area contributed by atoms with Crippen molar-refractivity contribution >= 4 is 28.1 Å². The molecule has 1 atom stereocenters. The first-order chi connectivity index (χ1) is 8.47. The maximum Gasteiger partial charge on any atom is 0.180 e. The van der Waals surface area contributed by atoms with Gasteiger partial charge in [0.15, 0.2) is 5.13 Å². The van der Waals surface area contributed by atoms with Crippen LogP contribution in [0.15, 0.2) is 29.6 Å². The molecule has 17 heavy (non-hydrogen) atoms. The van der Waals surface area contributed by atoms with E-state index in [9.17, 15) is 0 Å². The Morgan fingerprint density at radius 2 is 2.18 bits per heavy atom. The van der Waals surface area contributed by atoms with Gasteiger partial charge in [-0.2, -0.15) is 0 Å². The van der Waals surface area contributed by atoms with E-state index in [0.29, 0.717) is 21.2 Å². The Morgan fingerprint density at radius 3 is 2.65 bits per heavy atom. The number of nitrogens with two attached hydrogens (primary N) is 1. The smallest absolute Gasteiger partial charge is 0.180 e. The lowest BCUT2D eigenvalue weighted by molar-refractivity contribution is 0.729. The number of benzene rings is 1.